The Labute approximate surface area is 159 Å². The number of nitrogens with two attached hydrogens (primary N) is 1. The summed E-state index contributed by atoms with van der Waals surface area (Å²) in [7, 11) is 0. The van der Waals surface area contributed by atoms with Crippen LogP contribution in [0.1, 0.15) is 35.6 Å². The zero-order valence-corrected chi connectivity index (χ0v) is 14.3. The van der Waals surface area contributed by atoms with Crippen molar-refractivity contribution < 1.29 is 4.79 Å². The van der Waals surface area contributed by atoms with Gasteiger partial charge >= 0.3 is 0 Å². The number of aliphatic imine (C=N–C) groups is 1. The number of pyridine rings is 1. The van der Waals surface area contributed by atoms with Gasteiger partial charge in [0.15, 0.2) is 0 Å². The maximum atomic E-state index is 12.0. The highest BCUT2D eigenvalue weighted by atomic mass is 16.1. The Morgan fingerprint density at radius 2 is 1.85 bits per heavy atom. The van der Waals surface area contributed by atoms with Crippen LogP contribution in [0.3, 0.4) is 0 Å². The number of hydrogen-bond acceptors (Lipinski definition) is 3. The van der Waals surface area contributed by atoms with Gasteiger partial charge in [0.1, 0.15) is 0 Å². The number of amides is 1. The molecule has 3 aromatic rings. The molecule has 2 N–H and O–H groups in total. The molecule has 27 heavy (non-hydrogen) atoms. The van der Waals surface area contributed by atoms with Crippen molar-refractivity contribution in [2.75, 3.05) is 0 Å². The fraction of sp³-hybridized carbons (Fsp3) is 0.174. The summed E-state index contributed by atoms with van der Waals surface area (Å²) in [6.45, 7) is 0.755. The van der Waals surface area contributed by atoms with Crippen molar-refractivity contribution in [2.45, 2.75) is 26.3 Å². The highest BCUT2D eigenvalue weighted by molar-refractivity contribution is 5.87. The molecule has 0 fully saturated rings. The van der Waals surface area contributed by atoms with E-state index in [0.29, 0.717) is 6.42 Å². The van der Waals surface area contributed by atoms with Crippen LogP contribution in [0.4, 0.5) is 0 Å². The van der Waals surface area contributed by atoms with Crippen molar-refractivity contribution in [1.82, 2.24) is 4.98 Å². The van der Waals surface area contributed by atoms with Crippen molar-refractivity contribution in [1.29, 1.82) is 0 Å². The highest BCUT2D eigenvalue weighted by Crippen LogP contribution is 2.26. The largest absolute Gasteiger partial charge is 0.369 e. The van der Waals surface area contributed by atoms with E-state index in [9.17, 15) is 4.79 Å². The van der Waals surface area contributed by atoms with Crippen LogP contribution in [-0.2, 0) is 17.8 Å². The third-order valence-corrected chi connectivity index (χ3v) is 4.75. The molecule has 2 heterocycles. The summed E-state index contributed by atoms with van der Waals surface area (Å²) in [5, 5.41) is 0. The zero-order valence-electron chi connectivity index (χ0n) is 14.3. The van der Waals surface area contributed by atoms with Gasteiger partial charge in [-0.2, -0.15) is 0 Å². The fourth-order valence-electron chi connectivity index (χ4n) is 3.34. The molecule has 1 amide bonds. The van der Waals surface area contributed by atoms with Crippen LogP contribution in [-0.4, -0.2) is 17.1 Å². The van der Waals surface area contributed by atoms with E-state index in [1.807, 2.05) is 42.7 Å². The molecule has 4 rings (SSSR count). The Bertz CT molecular complexity index is 980. The monoisotopic (exact) mass is 357 g/mol. The molecular weight excluding hydrogens is 334 g/mol. The van der Waals surface area contributed by atoms with Crippen LogP contribution < -0.4 is 5.73 Å². The van der Waals surface area contributed by atoms with Gasteiger partial charge in [0.2, 0.25) is 5.91 Å². The van der Waals surface area contributed by atoms with Crippen molar-refractivity contribution in [3.05, 3.63) is 89.2 Å². The number of nitrogens with zero attached hydrogens (tertiary/aromatic N) is 2. The van der Waals surface area contributed by atoms with Gasteiger partial charge in [-0.25, -0.2) is 0 Å². The molecule has 0 bridgehead atoms. The third-order valence-electron chi connectivity index (χ3n) is 4.75. The maximum Gasteiger partial charge on any atom is 0.225 e. The van der Waals surface area contributed by atoms with Crippen LogP contribution >= 0.6 is 0 Å². The molecule has 1 aliphatic heterocycles. The van der Waals surface area contributed by atoms with Gasteiger partial charge in [-0.15, -0.1) is 0 Å². The minimum Gasteiger partial charge on any atom is -0.369 e. The second-order valence-electron chi connectivity index (χ2n) is 6.54. The lowest BCUT2D eigenvalue weighted by Crippen LogP contribution is -2.23. The average molecular weight is 357 g/mol. The number of rotatable bonds is 5. The summed E-state index contributed by atoms with van der Waals surface area (Å²) in [6, 6.07) is 18.1. The SMILES string of the molecule is C.NC(=O)[C@@H](Cc1cncc(-c2ccc3c(c2)C=NC3)c1)c1ccccc1. The Hall–Kier alpha value is -3.27. The first-order chi connectivity index (χ1) is 12.7. The summed E-state index contributed by atoms with van der Waals surface area (Å²) in [5.41, 5.74) is 12.1. The lowest BCUT2D eigenvalue weighted by Gasteiger charge is -2.14. The molecule has 0 spiro atoms. The van der Waals surface area contributed by atoms with Gasteiger partial charge in [-0.3, -0.25) is 14.8 Å². The van der Waals surface area contributed by atoms with Gasteiger partial charge < -0.3 is 5.73 Å². The van der Waals surface area contributed by atoms with E-state index in [4.69, 9.17) is 5.73 Å². The van der Waals surface area contributed by atoms with Crippen molar-refractivity contribution in [3.63, 3.8) is 0 Å². The normalized spacial score (nSPS) is 12.9. The lowest BCUT2D eigenvalue weighted by molar-refractivity contribution is -0.119. The number of aromatic nitrogens is 1. The Kier molecular flexibility index (Phi) is 5.46. The van der Waals surface area contributed by atoms with Crippen molar-refractivity contribution >= 4 is 12.1 Å². The molecule has 0 unspecified atom stereocenters. The Morgan fingerprint density at radius 1 is 1.04 bits per heavy atom. The summed E-state index contributed by atoms with van der Waals surface area (Å²) in [4.78, 5) is 20.7. The lowest BCUT2D eigenvalue weighted by atomic mass is 9.91. The van der Waals surface area contributed by atoms with E-state index in [-0.39, 0.29) is 19.3 Å². The molecule has 4 heteroatoms. The van der Waals surface area contributed by atoms with Crippen LogP contribution in [0.15, 0.2) is 72.0 Å². The number of primary amides is 1. The maximum absolute atomic E-state index is 12.0. The molecule has 1 aromatic heterocycles. The van der Waals surface area contributed by atoms with E-state index in [2.05, 4.69) is 34.2 Å². The second kappa shape index (κ2) is 7.96. The summed E-state index contributed by atoms with van der Waals surface area (Å²) in [6.07, 6.45) is 6.09. The molecule has 0 aliphatic carbocycles. The summed E-state index contributed by atoms with van der Waals surface area (Å²) < 4.78 is 0. The summed E-state index contributed by atoms with van der Waals surface area (Å²) >= 11 is 0. The van der Waals surface area contributed by atoms with Gasteiger partial charge in [-0.1, -0.05) is 49.9 Å². The van der Waals surface area contributed by atoms with E-state index < -0.39 is 0 Å². The van der Waals surface area contributed by atoms with E-state index >= 15 is 0 Å². The number of fused-ring (bicyclic) bond motifs is 1. The molecule has 0 radical (unpaired) electrons. The minimum atomic E-state index is -0.361. The number of hydrogen-bond donors (Lipinski definition) is 1. The average Bonchev–Trinajstić information content (AvgIpc) is 3.14. The first-order valence-corrected chi connectivity index (χ1v) is 8.62. The fourth-order valence-corrected chi connectivity index (χ4v) is 3.34. The second-order valence-corrected chi connectivity index (χ2v) is 6.54. The predicted octanol–water partition coefficient (Wildman–Crippen LogP) is 4.13. The molecule has 1 atom stereocenters. The van der Waals surface area contributed by atoms with Crippen LogP contribution in [0.5, 0.6) is 0 Å². The predicted molar refractivity (Wildman–Crippen MR) is 110 cm³/mol. The summed E-state index contributed by atoms with van der Waals surface area (Å²) in [5.74, 6) is -0.684. The number of carbonyl (C=O) groups is 1. The number of benzene rings is 2. The highest BCUT2D eigenvalue weighted by Gasteiger charge is 2.18. The topological polar surface area (TPSA) is 68.3 Å². The van der Waals surface area contributed by atoms with Gasteiger partial charge in [0, 0.05) is 24.2 Å². The Balaban J connectivity index is 0.00000210. The molecule has 4 nitrogen and oxygen atoms in total. The molecule has 0 saturated carbocycles. The minimum absolute atomic E-state index is 0. The van der Waals surface area contributed by atoms with E-state index in [1.165, 1.54) is 5.56 Å². The van der Waals surface area contributed by atoms with Crippen LogP contribution in [0.25, 0.3) is 11.1 Å². The van der Waals surface area contributed by atoms with Gasteiger partial charge in [0.25, 0.3) is 0 Å². The van der Waals surface area contributed by atoms with Crippen LogP contribution in [0, 0.1) is 0 Å². The van der Waals surface area contributed by atoms with Crippen molar-refractivity contribution in [3.8, 4) is 11.1 Å². The van der Waals surface area contributed by atoms with E-state index in [1.54, 1.807) is 6.20 Å². The first-order valence-electron chi connectivity index (χ1n) is 8.62. The molecule has 0 saturated heterocycles. The molecular formula is C23H23N3O. The standard InChI is InChI=1S/C22H19N3O.CH4/c23-22(26)21(16-4-2-1-3-5-16)9-15-8-19(13-24-11-15)17-6-7-18-12-25-14-20(18)10-17;/h1-8,10-11,13-14,21H,9,12H2,(H2,23,26);1H4/t21-;/m0./s1. The van der Waals surface area contributed by atoms with E-state index in [0.717, 1.165) is 34.4 Å². The van der Waals surface area contributed by atoms with Crippen LogP contribution in [0.2, 0.25) is 0 Å². The van der Waals surface area contributed by atoms with Gasteiger partial charge in [0.05, 0.1) is 12.5 Å². The number of carbonyl (C=O) groups excluding carboxylic acids is 1. The first kappa shape index (κ1) is 18.5. The van der Waals surface area contributed by atoms with Crippen molar-refractivity contribution in [2.24, 2.45) is 10.7 Å². The molecule has 2 aromatic carbocycles. The smallest absolute Gasteiger partial charge is 0.225 e. The Morgan fingerprint density at radius 3 is 2.63 bits per heavy atom. The molecule has 136 valence electrons. The third kappa shape index (κ3) is 3.95. The van der Waals surface area contributed by atoms with Gasteiger partial charge in [-0.05, 0) is 46.4 Å². The molecule has 1 aliphatic rings. The zero-order chi connectivity index (χ0) is 17.9. The quantitative estimate of drug-likeness (QED) is 0.746.